The Kier molecular flexibility index (Phi) is 4.04. The Balaban J connectivity index is 1.89. The van der Waals surface area contributed by atoms with E-state index in [0.29, 0.717) is 11.5 Å². The van der Waals surface area contributed by atoms with Crippen molar-refractivity contribution < 1.29 is 9.53 Å². The van der Waals surface area contributed by atoms with Crippen LogP contribution in [0.2, 0.25) is 5.02 Å². The topological polar surface area (TPSA) is 38.3 Å². The smallest absolute Gasteiger partial charge is 0.338 e. The van der Waals surface area contributed by atoms with E-state index >= 15 is 0 Å². The van der Waals surface area contributed by atoms with Gasteiger partial charge in [-0.25, -0.2) is 4.79 Å². The molecule has 0 saturated heterocycles. The van der Waals surface area contributed by atoms with Crippen molar-refractivity contribution in [2.45, 2.75) is 25.3 Å². The Labute approximate surface area is 152 Å². The number of benzene rings is 2. The van der Waals surface area contributed by atoms with E-state index in [9.17, 15) is 4.79 Å². The van der Waals surface area contributed by atoms with Gasteiger partial charge in [0.2, 0.25) is 0 Å². The number of hydrogen-bond acceptors (Lipinski definition) is 3. The summed E-state index contributed by atoms with van der Waals surface area (Å²) in [6, 6.07) is 12.0. The van der Waals surface area contributed by atoms with Crippen LogP contribution in [0.1, 0.15) is 45.4 Å². The fourth-order valence-electron chi connectivity index (χ4n) is 4.18. The maximum atomic E-state index is 12.3. The third-order valence-corrected chi connectivity index (χ3v) is 5.72. The van der Waals surface area contributed by atoms with Crippen molar-refractivity contribution in [1.82, 2.24) is 0 Å². The predicted molar refractivity (Wildman–Crippen MR) is 100 cm³/mol. The highest BCUT2D eigenvalue weighted by Gasteiger charge is 2.41. The highest BCUT2D eigenvalue weighted by atomic mass is 35.5. The normalized spacial score (nSPS) is 23.6. The number of anilines is 1. The van der Waals surface area contributed by atoms with Crippen LogP contribution in [0.15, 0.2) is 48.6 Å². The number of carbonyl (C=O) groups excluding carboxylic acids is 1. The van der Waals surface area contributed by atoms with E-state index in [4.69, 9.17) is 16.3 Å². The number of methoxy groups -OCH3 is 1. The maximum absolute atomic E-state index is 12.3. The van der Waals surface area contributed by atoms with Crippen LogP contribution in [-0.4, -0.2) is 13.1 Å². The number of carbonyl (C=O) groups is 1. The lowest BCUT2D eigenvalue weighted by Gasteiger charge is -2.39. The van der Waals surface area contributed by atoms with Crippen molar-refractivity contribution in [2.24, 2.45) is 5.92 Å². The van der Waals surface area contributed by atoms with Gasteiger partial charge < -0.3 is 10.1 Å². The summed E-state index contributed by atoms with van der Waals surface area (Å²) in [5.74, 6) is 0.234. The molecule has 2 aromatic carbocycles. The Bertz CT molecular complexity index is 874. The molecule has 0 unspecified atom stereocenters. The van der Waals surface area contributed by atoms with Gasteiger partial charge >= 0.3 is 5.97 Å². The molecule has 4 rings (SSSR count). The van der Waals surface area contributed by atoms with Gasteiger partial charge in [0.1, 0.15) is 0 Å². The second-order valence-corrected chi connectivity index (χ2v) is 7.11. The SMILES string of the molecule is COC(=O)c1ccc(C)c2c1[C@@H]1C=CC[C@@H]1[C@@H](c1ccccc1Cl)N2. The summed E-state index contributed by atoms with van der Waals surface area (Å²) in [5.41, 5.74) is 4.96. The molecule has 1 heterocycles. The monoisotopic (exact) mass is 353 g/mol. The number of esters is 1. The van der Waals surface area contributed by atoms with Gasteiger partial charge in [-0.2, -0.15) is 0 Å². The van der Waals surface area contributed by atoms with E-state index < -0.39 is 0 Å². The second kappa shape index (κ2) is 6.23. The van der Waals surface area contributed by atoms with Crippen molar-refractivity contribution in [3.8, 4) is 0 Å². The summed E-state index contributed by atoms with van der Waals surface area (Å²) >= 11 is 6.48. The molecule has 1 aliphatic carbocycles. The third kappa shape index (κ3) is 2.54. The first-order chi connectivity index (χ1) is 12.1. The number of aryl methyl sites for hydroxylation is 1. The van der Waals surface area contributed by atoms with Gasteiger partial charge in [0.05, 0.1) is 18.7 Å². The Morgan fingerprint density at radius 3 is 2.80 bits per heavy atom. The first-order valence-electron chi connectivity index (χ1n) is 8.51. The van der Waals surface area contributed by atoms with Gasteiger partial charge in [-0.05, 0) is 48.1 Å². The van der Waals surface area contributed by atoms with Crippen molar-refractivity contribution in [3.63, 3.8) is 0 Å². The molecule has 0 aromatic heterocycles. The lowest BCUT2D eigenvalue weighted by molar-refractivity contribution is 0.0598. The Morgan fingerprint density at radius 1 is 1.24 bits per heavy atom. The Morgan fingerprint density at radius 2 is 2.04 bits per heavy atom. The van der Waals surface area contributed by atoms with Gasteiger partial charge in [-0.15, -0.1) is 0 Å². The molecule has 0 radical (unpaired) electrons. The van der Waals surface area contributed by atoms with Gasteiger partial charge in [0.25, 0.3) is 0 Å². The molecule has 3 nitrogen and oxygen atoms in total. The molecule has 3 atom stereocenters. The minimum Gasteiger partial charge on any atom is -0.465 e. The van der Waals surface area contributed by atoms with Crippen LogP contribution in [0.4, 0.5) is 5.69 Å². The number of rotatable bonds is 2. The summed E-state index contributed by atoms with van der Waals surface area (Å²) in [6.45, 7) is 2.07. The number of allylic oxidation sites excluding steroid dienone is 2. The minimum absolute atomic E-state index is 0.118. The molecule has 0 fully saturated rings. The van der Waals surface area contributed by atoms with Gasteiger partial charge in [-0.1, -0.05) is 48.0 Å². The summed E-state index contributed by atoms with van der Waals surface area (Å²) in [7, 11) is 1.43. The molecule has 0 spiro atoms. The zero-order valence-electron chi connectivity index (χ0n) is 14.3. The molecule has 25 heavy (non-hydrogen) atoms. The van der Waals surface area contributed by atoms with Crippen molar-refractivity contribution >= 4 is 23.3 Å². The average molecular weight is 354 g/mol. The van der Waals surface area contributed by atoms with Crippen LogP contribution in [0.25, 0.3) is 0 Å². The van der Waals surface area contributed by atoms with Crippen LogP contribution in [0, 0.1) is 12.8 Å². The van der Waals surface area contributed by atoms with Crippen LogP contribution in [0.3, 0.4) is 0 Å². The number of hydrogen-bond donors (Lipinski definition) is 1. The molecule has 0 saturated carbocycles. The minimum atomic E-state index is -0.284. The highest BCUT2D eigenvalue weighted by molar-refractivity contribution is 6.31. The van der Waals surface area contributed by atoms with E-state index in [1.165, 1.54) is 7.11 Å². The summed E-state index contributed by atoms with van der Waals surface area (Å²) in [6.07, 6.45) is 5.39. The van der Waals surface area contributed by atoms with Crippen LogP contribution >= 0.6 is 11.6 Å². The molecule has 128 valence electrons. The molecule has 4 heteroatoms. The van der Waals surface area contributed by atoms with Crippen molar-refractivity contribution in [3.05, 3.63) is 75.8 Å². The lowest BCUT2D eigenvalue weighted by atomic mass is 9.74. The van der Waals surface area contributed by atoms with Crippen molar-refractivity contribution in [1.29, 1.82) is 0 Å². The second-order valence-electron chi connectivity index (χ2n) is 6.71. The van der Waals surface area contributed by atoms with Crippen molar-refractivity contribution in [2.75, 3.05) is 12.4 Å². The van der Waals surface area contributed by atoms with Gasteiger partial charge in [-0.3, -0.25) is 0 Å². The number of halogens is 1. The number of ether oxygens (including phenoxy) is 1. The van der Waals surface area contributed by atoms with E-state index in [1.54, 1.807) is 0 Å². The quantitative estimate of drug-likeness (QED) is 0.591. The van der Waals surface area contributed by atoms with E-state index in [-0.39, 0.29) is 17.9 Å². The molecular weight excluding hydrogens is 334 g/mol. The fourth-order valence-corrected chi connectivity index (χ4v) is 4.43. The first kappa shape index (κ1) is 16.2. The zero-order chi connectivity index (χ0) is 17.6. The van der Waals surface area contributed by atoms with Gasteiger partial charge in [0.15, 0.2) is 0 Å². The molecule has 0 amide bonds. The highest BCUT2D eigenvalue weighted by Crippen LogP contribution is 2.52. The molecule has 1 aliphatic heterocycles. The Hall–Kier alpha value is -2.26. The van der Waals surface area contributed by atoms with Crippen LogP contribution in [-0.2, 0) is 4.74 Å². The third-order valence-electron chi connectivity index (χ3n) is 5.37. The largest absolute Gasteiger partial charge is 0.465 e. The van der Waals surface area contributed by atoms with Gasteiger partial charge in [0, 0.05) is 16.6 Å². The lowest BCUT2D eigenvalue weighted by Crippen LogP contribution is -2.31. The molecular formula is C21H20ClNO2. The van der Waals surface area contributed by atoms with E-state index in [0.717, 1.165) is 33.8 Å². The maximum Gasteiger partial charge on any atom is 0.338 e. The van der Waals surface area contributed by atoms with E-state index in [1.807, 2.05) is 30.3 Å². The molecule has 2 aliphatic rings. The molecule has 1 N–H and O–H groups in total. The summed E-state index contributed by atoms with van der Waals surface area (Å²) in [5, 5.41) is 4.45. The summed E-state index contributed by atoms with van der Waals surface area (Å²) < 4.78 is 5.01. The fraction of sp³-hybridized carbons (Fsp3) is 0.286. The van der Waals surface area contributed by atoms with E-state index in [2.05, 4.69) is 30.5 Å². The zero-order valence-corrected chi connectivity index (χ0v) is 15.0. The number of fused-ring (bicyclic) bond motifs is 3. The number of nitrogens with one attached hydrogen (secondary N) is 1. The van der Waals surface area contributed by atoms with Crippen LogP contribution in [0.5, 0.6) is 0 Å². The average Bonchev–Trinajstić information content (AvgIpc) is 3.11. The standard InChI is InChI=1S/C21H20ClNO2/c1-12-10-11-16(21(24)25-2)18-13-7-5-8-14(13)20(23-19(12)18)15-6-3-4-9-17(15)22/h3-7,9-11,13-14,20,23H,8H2,1-2H3/t13-,14+,20+/m1/s1. The molecule has 2 aromatic rings. The molecule has 0 bridgehead atoms. The predicted octanol–water partition coefficient (Wildman–Crippen LogP) is 5.26. The first-order valence-corrected chi connectivity index (χ1v) is 8.89. The summed E-state index contributed by atoms with van der Waals surface area (Å²) in [4.78, 5) is 12.3. The van der Waals surface area contributed by atoms with Crippen LogP contribution < -0.4 is 5.32 Å².